The van der Waals surface area contributed by atoms with Crippen LogP contribution in [0.5, 0.6) is 0 Å². The fourth-order valence-electron chi connectivity index (χ4n) is 3.01. The van der Waals surface area contributed by atoms with Crippen LogP contribution in [0.3, 0.4) is 0 Å². The summed E-state index contributed by atoms with van der Waals surface area (Å²) in [4.78, 5) is 12.5. The van der Waals surface area contributed by atoms with E-state index in [4.69, 9.17) is 10.5 Å². The lowest BCUT2D eigenvalue weighted by Gasteiger charge is -2.30. The van der Waals surface area contributed by atoms with Gasteiger partial charge in [0.1, 0.15) is 0 Å². The van der Waals surface area contributed by atoms with Gasteiger partial charge in [-0.1, -0.05) is 11.3 Å². The Balaban J connectivity index is 1.82. The molecule has 0 unspecified atom stereocenters. The van der Waals surface area contributed by atoms with Crippen molar-refractivity contribution >= 4 is 27.6 Å². The molecule has 2 heterocycles. The Morgan fingerprint density at radius 2 is 2.00 bits per heavy atom. The predicted molar refractivity (Wildman–Crippen MR) is 83.0 cm³/mol. The van der Waals surface area contributed by atoms with Crippen LogP contribution in [0, 0.1) is 11.3 Å². The van der Waals surface area contributed by atoms with Gasteiger partial charge in [-0.2, -0.15) is 13.2 Å². The van der Waals surface area contributed by atoms with Crippen molar-refractivity contribution < 1.29 is 23.1 Å². The number of likely N-dealkylation sites (tertiary alicyclic amines) is 1. The molecule has 1 aromatic heterocycles. The Bertz CT molecular complexity index is 819. The molecule has 0 aliphatic carbocycles. The lowest BCUT2D eigenvalue weighted by molar-refractivity contribution is -0.137. The average Bonchev–Trinajstić information content (AvgIpc) is 2.82. The molecule has 24 heavy (non-hydrogen) atoms. The number of hydrogen-bond donors (Lipinski definition) is 2. The molecule has 1 aliphatic heterocycles. The van der Waals surface area contributed by atoms with E-state index in [-0.39, 0.29) is 10.7 Å². The van der Waals surface area contributed by atoms with Crippen molar-refractivity contribution in [3.63, 3.8) is 0 Å². The van der Waals surface area contributed by atoms with Gasteiger partial charge in [-0.25, -0.2) is 4.79 Å². The summed E-state index contributed by atoms with van der Waals surface area (Å²) in [6.07, 6.45) is -3.94. The van der Waals surface area contributed by atoms with E-state index in [1.165, 1.54) is 11.0 Å². The van der Waals surface area contributed by atoms with Gasteiger partial charge in [0.15, 0.2) is 4.80 Å². The number of benzene rings is 1. The summed E-state index contributed by atoms with van der Waals surface area (Å²) in [5.74, 6) is 0.217. The minimum atomic E-state index is -4.39. The van der Waals surface area contributed by atoms with E-state index < -0.39 is 17.8 Å². The summed E-state index contributed by atoms with van der Waals surface area (Å²) in [5.41, 5.74) is -0.0863. The van der Waals surface area contributed by atoms with Gasteiger partial charge in [0.2, 0.25) is 0 Å². The largest absolute Gasteiger partial charge is 0.465 e. The summed E-state index contributed by atoms with van der Waals surface area (Å²) in [6.45, 7) is 1.43. The number of halogens is 3. The first-order valence-corrected chi connectivity index (χ1v) is 8.30. The van der Waals surface area contributed by atoms with Crippen molar-refractivity contribution in [2.24, 2.45) is 5.92 Å². The van der Waals surface area contributed by atoms with Gasteiger partial charge in [0.05, 0.1) is 15.8 Å². The summed E-state index contributed by atoms with van der Waals surface area (Å²) in [5, 5.41) is 17.0. The second kappa shape index (κ2) is 6.12. The molecule has 0 radical (unpaired) electrons. The van der Waals surface area contributed by atoms with Crippen molar-refractivity contribution in [2.45, 2.75) is 25.6 Å². The highest BCUT2D eigenvalue weighted by Crippen LogP contribution is 2.32. The standard InChI is InChI=1S/C15H16F3N3O2S/c16-15(17,18)10-1-2-11-12(7-10)24-13(19)21(11)8-9-3-5-20(6-4-9)14(22)23/h1-2,7,9,19H,3-6,8H2,(H,22,23). The van der Waals surface area contributed by atoms with Gasteiger partial charge >= 0.3 is 12.3 Å². The molecule has 1 aromatic carbocycles. The van der Waals surface area contributed by atoms with Crippen LogP contribution in [0.1, 0.15) is 18.4 Å². The quantitative estimate of drug-likeness (QED) is 0.860. The lowest BCUT2D eigenvalue weighted by atomic mass is 9.97. The van der Waals surface area contributed by atoms with Crippen LogP contribution in [-0.2, 0) is 12.7 Å². The molecule has 0 atom stereocenters. The van der Waals surface area contributed by atoms with Crippen molar-refractivity contribution in [2.75, 3.05) is 13.1 Å². The number of amides is 1. The Labute approximate surface area is 139 Å². The third kappa shape index (κ3) is 3.26. The van der Waals surface area contributed by atoms with Gasteiger partial charge < -0.3 is 14.6 Å². The van der Waals surface area contributed by atoms with Crippen molar-refractivity contribution in [1.82, 2.24) is 9.47 Å². The summed E-state index contributed by atoms with van der Waals surface area (Å²) in [7, 11) is 0. The normalized spacial score (nSPS) is 16.7. The van der Waals surface area contributed by atoms with Crippen LogP contribution in [0.4, 0.5) is 18.0 Å². The number of aromatic nitrogens is 1. The minimum Gasteiger partial charge on any atom is -0.465 e. The zero-order valence-corrected chi connectivity index (χ0v) is 13.5. The van der Waals surface area contributed by atoms with Gasteiger partial charge in [-0.3, -0.25) is 5.41 Å². The summed E-state index contributed by atoms with van der Waals surface area (Å²) >= 11 is 1.03. The summed E-state index contributed by atoms with van der Waals surface area (Å²) < 4.78 is 40.6. The van der Waals surface area contributed by atoms with Gasteiger partial charge in [0.25, 0.3) is 0 Å². The van der Waals surface area contributed by atoms with E-state index in [1.54, 1.807) is 4.57 Å². The molecule has 0 spiro atoms. The molecule has 2 N–H and O–H groups in total. The molecule has 2 aromatic rings. The monoisotopic (exact) mass is 359 g/mol. The van der Waals surface area contributed by atoms with Crippen LogP contribution in [0.25, 0.3) is 10.2 Å². The maximum Gasteiger partial charge on any atom is 0.416 e. The van der Waals surface area contributed by atoms with E-state index in [0.29, 0.717) is 42.7 Å². The van der Waals surface area contributed by atoms with Crippen molar-refractivity contribution in [3.05, 3.63) is 28.6 Å². The highest BCUT2D eigenvalue weighted by atomic mass is 32.1. The first kappa shape index (κ1) is 16.8. The maximum atomic E-state index is 12.8. The molecule has 130 valence electrons. The van der Waals surface area contributed by atoms with E-state index >= 15 is 0 Å². The third-order valence-electron chi connectivity index (χ3n) is 4.36. The third-order valence-corrected chi connectivity index (χ3v) is 5.32. The Morgan fingerprint density at radius 3 is 2.58 bits per heavy atom. The molecule has 9 heteroatoms. The Morgan fingerprint density at radius 1 is 1.33 bits per heavy atom. The number of nitrogens with zero attached hydrogens (tertiary/aromatic N) is 2. The van der Waals surface area contributed by atoms with Crippen molar-refractivity contribution in [1.29, 1.82) is 5.41 Å². The first-order valence-electron chi connectivity index (χ1n) is 7.49. The number of fused-ring (bicyclic) bond motifs is 1. The number of piperidine rings is 1. The number of carboxylic acid groups (broad SMARTS) is 1. The fraction of sp³-hybridized carbons (Fsp3) is 0.467. The number of hydrogen-bond acceptors (Lipinski definition) is 3. The molecule has 1 saturated heterocycles. The lowest BCUT2D eigenvalue weighted by Crippen LogP contribution is -2.38. The van der Waals surface area contributed by atoms with Gasteiger partial charge in [-0.05, 0) is 37.0 Å². The Kier molecular flexibility index (Phi) is 4.29. The molecule has 1 fully saturated rings. The van der Waals surface area contributed by atoms with Gasteiger partial charge in [0, 0.05) is 19.6 Å². The molecular formula is C15H16F3N3O2S. The second-order valence-corrected chi connectivity index (χ2v) is 6.94. The number of rotatable bonds is 2. The maximum absolute atomic E-state index is 12.8. The first-order chi connectivity index (χ1) is 11.3. The van der Waals surface area contributed by atoms with Crippen molar-refractivity contribution in [3.8, 4) is 0 Å². The fourth-order valence-corrected chi connectivity index (χ4v) is 3.97. The smallest absolute Gasteiger partial charge is 0.416 e. The second-order valence-electron chi connectivity index (χ2n) is 5.91. The minimum absolute atomic E-state index is 0.213. The zero-order chi connectivity index (χ0) is 17.5. The molecule has 5 nitrogen and oxygen atoms in total. The molecular weight excluding hydrogens is 343 g/mol. The average molecular weight is 359 g/mol. The summed E-state index contributed by atoms with van der Waals surface area (Å²) in [6, 6.07) is 3.54. The highest BCUT2D eigenvalue weighted by Gasteiger charge is 2.31. The Hall–Kier alpha value is -2.03. The highest BCUT2D eigenvalue weighted by molar-refractivity contribution is 7.16. The molecule has 3 rings (SSSR count). The number of alkyl halides is 3. The van der Waals surface area contributed by atoms with Crippen LogP contribution in [0.2, 0.25) is 0 Å². The number of nitrogens with one attached hydrogen (secondary N) is 1. The van der Waals surface area contributed by atoms with Crippen LogP contribution >= 0.6 is 11.3 Å². The predicted octanol–water partition coefficient (Wildman–Crippen LogP) is 3.59. The molecule has 0 bridgehead atoms. The topological polar surface area (TPSA) is 69.3 Å². The number of carbonyl (C=O) groups is 1. The van der Waals surface area contributed by atoms with E-state index in [1.807, 2.05) is 0 Å². The van der Waals surface area contributed by atoms with E-state index in [9.17, 15) is 18.0 Å². The van der Waals surface area contributed by atoms with E-state index in [0.717, 1.165) is 23.5 Å². The molecule has 1 amide bonds. The molecule has 1 aliphatic rings. The van der Waals surface area contributed by atoms with Crippen LogP contribution < -0.4 is 4.80 Å². The zero-order valence-electron chi connectivity index (χ0n) is 12.6. The van der Waals surface area contributed by atoms with Crippen LogP contribution in [-0.4, -0.2) is 33.8 Å². The SMILES string of the molecule is N=c1sc2cc(C(F)(F)F)ccc2n1CC1CCN(C(=O)O)CC1. The number of thiazole rings is 1. The van der Waals surface area contributed by atoms with E-state index in [2.05, 4.69) is 0 Å². The van der Waals surface area contributed by atoms with Gasteiger partial charge in [-0.15, -0.1) is 0 Å². The molecule has 0 saturated carbocycles. The van der Waals surface area contributed by atoms with Crippen LogP contribution in [0.15, 0.2) is 18.2 Å².